The van der Waals surface area contributed by atoms with Crippen LogP contribution in [-0.2, 0) is 0 Å². The zero-order valence-corrected chi connectivity index (χ0v) is 16.7. The quantitative estimate of drug-likeness (QED) is 0.225. The first-order valence-electron chi connectivity index (χ1n) is 9.19. The van der Waals surface area contributed by atoms with Crippen molar-refractivity contribution >= 4 is 6.21 Å². The van der Waals surface area contributed by atoms with Gasteiger partial charge < -0.3 is 0 Å². The summed E-state index contributed by atoms with van der Waals surface area (Å²) in [5.41, 5.74) is 4.53. The Bertz CT molecular complexity index is 423. The van der Waals surface area contributed by atoms with Crippen molar-refractivity contribution in [2.45, 2.75) is 99.0 Å². The van der Waals surface area contributed by atoms with Crippen molar-refractivity contribution in [3.8, 4) is 0 Å². The minimum Gasteiger partial charge on any atom is -0.292 e. The summed E-state index contributed by atoms with van der Waals surface area (Å²) in [5.74, 6) is 0. The third-order valence-corrected chi connectivity index (χ3v) is 3.63. The number of nitrogens with zero attached hydrogens (tertiary/aromatic N) is 1. The van der Waals surface area contributed by atoms with Crippen LogP contribution in [0.25, 0.3) is 0 Å². The fourth-order valence-corrected chi connectivity index (χ4v) is 2.23. The van der Waals surface area contributed by atoms with Crippen molar-refractivity contribution in [2.75, 3.05) is 0 Å². The van der Waals surface area contributed by atoms with Crippen LogP contribution in [0.2, 0.25) is 0 Å². The zero-order chi connectivity index (χ0) is 17.7. The monoisotopic (exact) mass is 317 g/mol. The second-order valence-electron chi connectivity index (χ2n) is 7.87. The van der Waals surface area contributed by atoms with E-state index in [2.05, 4.69) is 77.9 Å². The average molecular weight is 318 g/mol. The molecule has 0 radical (unpaired) electrons. The molecule has 0 amide bonds. The van der Waals surface area contributed by atoms with Crippen LogP contribution in [0.4, 0.5) is 0 Å². The molecule has 0 saturated carbocycles. The van der Waals surface area contributed by atoms with E-state index in [9.17, 15) is 0 Å². The van der Waals surface area contributed by atoms with Gasteiger partial charge in [-0.3, -0.25) is 4.99 Å². The predicted molar refractivity (Wildman–Crippen MR) is 108 cm³/mol. The maximum absolute atomic E-state index is 4.52. The van der Waals surface area contributed by atoms with E-state index >= 15 is 0 Å². The lowest BCUT2D eigenvalue weighted by molar-refractivity contribution is 0.584. The van der Waals surface area contributed by atoms with Crippen LogP contribution >= 0.6 is 0 Å². The lowest BCUT2D eigenvalue weighted by Crippen LogP contribution is -2.09. The van der Waals surface area contributed by atoms with Gasteiger partial charge in [-0.05, 0) is 99.6 Å². The summed E-state index contributed by atoms with van der Waals surface area (Å²) < 4.78 is 0. The van der Waals surface area contributed by atoms with E-state index in [1.165, 1.54) is 55.2 Å². The molecule has 0 aromatic heterocycles. The Labute approximate surface area is 145 Å². The summed E-state index contributed by atoms with van der Waals surface area (Å²) in [7, 11) is 0. The van der Waals surface area contributed by atoms with Gasteiger partial charge in [-0.15, -0.1) is 0 Å². The lowest BCUT2D eigenvalue weighted by Gasteiger charge is -2.10. The molecule has 0 aliphatic carbocycles. The van der Waals surface area contributed by atoms with Crippen LogP contribution in [0.15, 0.2) is 39.9 Å². The summed E-state index contributed by atoms with van der Waals surface area (Å²) in [6.07, 6.45) is 17.4. The number of hydrogen-bond acceptors (Lipinski definition) is 1. The first kappa shape index (κ1) is 21.9. The number of allylic oxidation sites excluding steroid dienone is 6. The molecule has 0 unspecified atom stereocenters. The molecule has 23 heavy (non-hydrogen) atoms. The van der Waals surface area contributed by atoms with Crippen molar-refractivity contribution < 1.29 is 0 Å². The van der Waals surface area contributed by atoms with Crippen molar-refractivity contribution in [3.63, 3.8) is 0 Å². The van der Waals surface area contributed by atoms with Crippen LogP contribution in [0.3, 0.4) is 0 Å². The molecule has 0 fully saturated rings. The molecular weight excluding hydrogens is 278 g/mol. The van der Waals surface area contributed by atoms with Gasteiger partial charge in [-0.25, -0.2) is 0 Å². The molecule has 0 aromatic rings. The summed E-state index contributed by atoms with van der Waals surface area (Å²) in [4.78, 5) is 4.52. The molecule has 0 bridgehead atoms. The second-order valence-corrected chi connectivity index (χ2v) is 7.87. The fourth-order valence-electron chi connectivity index (χ4n) is 2.23. The summed E-state index contributed by atoms with van der Waals surface area (Å²) >= 11 is 0. The number of rotatable bonds is 10. The Balaban J connectivity index is 3.86. The molecule has 1 heteroatoms. The van der Waals surface area contributed by atoms with E-state index < -0.39 is 0 Å². The maximum atomic E-state index is 4.52. The highest BCUT2D eigenvalue weighted by Crippen LogP contribution is 2.12. The SMILES string of the molecule is CC(C)=CCC/C(C)=C\CC/C(C)=C\CCCC=NC(C)(C)C. The molecule has 0 aliphatic rings. The summed E-state index contributed by atoms with van der Waals surface area (Å²) in [6, 6.07) is 0. The van der Waals surface area contributed by atoms with Gasteiger partial charge in [-0.1, -0.05) is 34.9 Å². The Morgan fingerprint density at radius 3 is 1.78 bits per heavy atom. The Morgan fingerprint density at radius 2 is 1.26 bits per heavy atom. The van der Waals surface area contributed by atoms with Gasteiger partial charge in [0.1, 0.15) is 0 Å². The smallest absolute Gasteiger partial charge is 0.0520 e. The van der Waals surface area contributed by atoms with Crippen LogP contribution in [0.5, 0.6) is 0 Å². The van der Waals surface area contributed by atoms with Crippen LogP contribution in [0.1, 0.15) is 93.4 Å². The molecule has 0 aromatic carbocycles. The molecule has 0 spiro atoms. The fraction of sp³-hybridized carbons (Fsp3) is 0.682. The Hall–Kier alpha value is -1.11. The minimum atomic E-state index is 0.0710. The third kappa shape index (κ3) is 17.1. The van der Waals surface area contributed by atoms with Gasteiger partial charge in [0.2, 0.25) is 0 Å². The van der Waals surface area contributed by atoms with E-state index in [-0.39, 0.29) is 5.54 Å². The van der Waals surface area contributed by atoms with Gasteiger partial charge >= 0.3 is 0 Å². The average Bonchev–Trinajstić information content (AvgIpc) is 2.41. The topological polar surface area (TPSA) is 12.4 Å². The van der Waals surface area contributed by atoms with Crippen LogP contribution in [-0.4, -0.2) is 11.8 Å². The Morgan fingerprint density at radius 1 is 0.739 bits per heavy atom. The van der Waals surface area contributed by atoms with Crippen molar-refractivity contribution in [1.82, 2.24) is 0 Å². The predicted octanol–water partition coefficient (Wildman–Crippen LogP) is 7.45. The molecule has 132 valence electrons. The normalized spacial score (nSPS) is 13.7. The van der Waals surface area contributed by atoms with E-state index in [4.69, 9.17) is 0 Å². The number of unbranched alkanes of at least 4 members (excludes halogenated alkanes) is 2. The number of aliphatic imine (C=N–C) groups is 1. The summed E-state index contributed by atoms with van der Waals surface area (Å²) in [6.45, 7) is 15.3. The zero-order valence-electron chi connectivity index (χ0n) is 16.7. The van der Waals surface area contributed by atoms with E-state index in [0.717, 1.165) is 6.42 Å². The first-order chi connectivity index (χ1) is 10.7. The van der Waals surface area contributed by atoms with Crippen molar-refractivity contribution in [2.24, 2.45) is 4.99 Å². The van der Waals surface area contributed by atoms with Crippen molar-refractivity contribution in [3.05, 3.63) is 34.9 Å². The molecular formula is C22H39N. The van der Waals surface area contributed by atoms with E-state index in [1.54, 1.807) is 0 Å². The standard InChI is InChI=1S/C22H39N/c1-19(2)13-11-15-21(4)17-12-16-20(3)14-9-8-10-18-23-22(5,6)7/h13-14,17-18H,8-12,15-16H2,1-7H3/b20-14-,21-17-,23-18?. The van der Waals surface area contributed by atoms with E-state index in [0.29, 0.717) is 0 Å². The molecule has 0 aliphatic heterocycles. The van der Waals surface area contributed by atoms with Gasteiger partial charge in [-0.2, -0.15) is 0 Å². The van der Waals surface area contributed by atoms with Gasteiger partial charge in [0.05, 0.1) is 5.54 Å². The third-order valence-electron chi connectivity index (χ3n) is 3.63. The molecule has 0 heterocycles. The van der Waals surface area contributed by atoms with Gasteiger partial charge in [0.15, 0.2) is 0 Å². The first-order valence-corrected chi connectivity index (χ1v) is 9.19. The molecule has 0 saturated heterocycles. The van der Waals surface area contributed by atoms with Crippen LogP contribution in [0, 0.1) is 0 Å². The van der Waals surface area contributed by atoms with Crippen molar-refractivity contribution in [1.29, 1.82) is 0 Å². The minimum absolute atomic E-state index is 0.0710. The molecule has 0 rings (SSSR count). The highest BCUT2D eigenvalue weighted by atomic mass is 14.8. The van der Waals surface area contributed by atoms with Gasteiger partial charge in [0, 0.05) is 0 Å². The summed E-state index contributed by atoms with van der Waals surface area (Å²) in [5, 5.41) is 0. The lowest BCUT2D eigenvalue weighted by atomic mass is 10.1. The molecule has 1 nitrogen and oxygen atoms in total. The molecule has 0 atom stereocenters. The Kier molecular flexibility index (Phi) is 11.7. The highest BCUT2D eigenvalue weighted by molar-refractivity contribution is 5.57. The molecule has 0 N–H and O–H groups in total. The number of hydrogen-bond donors (Lipinski definition) is 0. The maximum Gasteiger partial charge on any atom is 0.0520 e. The highest BCUT2D eigenvalue weighted by Gasteiger charge is 2.03. The van der Waals surface area contributed by atoms with E-state index in [1.807, 2.05) is 0 Å². The van der Waals surface area contributed by atoms with Crippen LogP contribution < -0.4 is 0 Å². The largest absolute Gasteiger partial charge is 0.292 e. The second kappa shape index (κ2) is 12.3. The van der Waals surface area contributed by atoms with Gasteiger partial charge in [0.25, 0.3) is 0 Å².